The Labute approximate surface area is 169 Å². The first kappa shape index (κ1) is 19.0. The summed E-state index contributed by atoms with van der Waals surface area (Å²) in [5, 5.41) is 11.4. The first-order valence-electron chi connectivity index (χ1n) is 9.80. The Morgan fingerprint density at radius 2 is 1.79 bits per heavy atom. The summed E-state index contributed by atoms with van der Waals surface area (Å²) in [7, 11) is 0. The smallest absolute Gasteiger partial charge is 0.308 e. The summed E-state index contributed by atoms with van der Waals surface area (Å²) >= 11 is 0. The molecular formula is C24H23NO4. The number of nitrogens with zero attached hydrogens (tertiary/aromatic N) is 1. The molecule has 1 heterocycles. The van der Waals surface area contributed by atoms with Crippen LogP contribution in [0.2, 0.25) is 0 Å². The van der Waals surface area contributed by atoms with Crippen molar-refractivity contribution in [3.05, 3.63) is 77.9 Å². The summed E-state index contributed by atoms with van der Waals surface area (Å²) in [6, 6.07) is 22.1. The molecule has 0 saturated carbocycles. The molecule has 1 aliphatic rings. The molecule has 1 unspecified atom stereocenters. The minimum atomic E-state index is -0.918. The Morgan fingerprint density at radius 1 is 1.03 bits per heavy atom. The lowest BCUT2D eigenvalue weighted by atomic mass is 10.0. The highest BCUT2D eigenvalue weighted by molar-refractivity contribution is 5.89. The zero-order valence-electron chi connectivity index (χ0n) is 16.1. The van der Waals surface area contributed by atoms with Crippen molar-refractivity contribution < 1.29 is 19.4 Å². The van der Waals surface area contributed by atoms with Gasteiger partial charge in [0.05, 0.1) is 12.5 Å². The van der Waals surface area contributed by atoms with E-state index in [4.69, 9.17) is 4.74 Å². The van der Waals surface area contributed by atoms with Crippen LogP contribution in [0.15, 0.2) is 66.7 Å². The molecule has 0 bridgehead atoms. The molecule has 3 aromatic rings. The van der Waals surface area contributed by atoms with Crippen molar-refractivity contribution in [3.63, 3.8) is 0 Å². The number of likely N-dealkylation sites (tertiary alicyclic amines) is 1. The second-order valence-corrected chi connectivity index (χ2v) is 7.36. The molecule has 0 spiro atoms. The van der Waals surface area contributed by atoms with Crippen molar-refractivity contribution in [1.29, 1.82) is 0 Å². The summed E-state index contributed by atoms with van der Waals surface area (Å²) in [5.41, 5.74) is 2.13. The van der Waals surface area contributed by atoms with Crippen LogP contribution in [0, 0.1) is 5.92 Å². The van der Waals surface area contributed by atoms with Gasteiger partial charge in [-0.05, 0) is 22.4 Å². The van der Waals surface area contributed by atoms with E-state index < -0.39 is 11.9 Å². The predicted molar refractivity (Wildman–Crippen MR) is 111 cm³/mol. The van der Waals surface area contributed by atoms with Crippen molar-refractivity contribution in [1.82, 2.24) is 4.90 Å². The summed E-state index contributed by atoms with van der Waals surface area (Å²) in [6.45, 7) is 1.12. The van der Waals surface area contributed by atoms with Crippen LogP contribution in [0.4, 0.5) is 0 Å². The van der Waals surface area contributed by atoms with E-state index in [2.05, 4.69) is 12.1 Å². The fraction of sp³-hybridized carbons (Fsp3) is 0.250. The van der Waals surface area contributed by atoms with Crippen LogP contribution in [0.1, 0.15) is 17.5 Å². The SMILES string of the molecule is O=C(O)C1CC(=O)N(Cc2c(OCCc3ccccc3)ccc3ccccc23)C1. The molecular weight excluding hydrogens is 366 g/mol. The van der Waals surface area contributed by atoms with Crippen LogP contribution >= 0.6 is 0 Å². The van der Waals surface area contributed by atoms with E-state index in [1.54, 1.807) is 4.90 Å². The normalized spacial score (nSPS) is 16.3. The maximum Gasteiger partial charge on any atom is 0.308 e. The van der Waals surface area contributed by atoms with E-state index in [9.17, 15) is 14.7 Å². The van der Waals surface area contributed by atoms with Crippen LogP contribution < -0.4 is 4.74 Å². The molecule has 0 radical (unpaired) electrons. The molecule has 1 N–H and O–H groups in total. The van der Waals surface area contributed by atoms with Gasteiger partial charge >= 0.3 is 5.97 Å². The Morgan fingerprint density at radius 3 is 2.55 bits per heavy atom. The Kier molecular flexibility index (Phi) is 5.47. The summed E-state index contributed by atoms with van der Waals surface area (Å²) < 4.78 is 6.11. The van der Waals surface area contributed by atoms with Crippen molar-refractivity contribution in [2.75, 3.05) is 13.2 Å². The lowest BCUT2D eigenvalue weighted by Crippen LogP contribution is -2.26. The first-order chi connectivity index (χ1) is 14.1. The van der Waals surface area contributed by atoms with E-state index in [0.29, 0.717) is 13.2 Å². The lowest BCUT2D eigenvalue weighted by Gasteiger charge is -2.20. The van der Waals surface area contributed by atoms with Gasteiger partial charge in [0.25, 0.3) is 0 Å². The number of fused-ring (bicyclic) bond motifs is 1. The molecule has 29 heavy (non-hydrogen) atoms. The zero-order valence-corrected chi connectivity index (χ0v) is 16.1. The van der Waals surface area contributed by atoms with Crippen LogP contribution in [-0.2, 0) is 22.6 Å². The number of hydrogen-bond donors (Lipinski definition) is 1. The summed E-state index contributed by atoms with van der Waals surface area (Å²) in [5.74, 6) is -0.940. The third-order valence-electron chi connectivity index (χ3n) is 5.40. The van der Waals surface area contributed by atoms with E-state index >= 15 is 0 Å². The van der Waals surface area contributed by atoms with Crippen molar-refractivity contribution in [2.45, 2.75) is 19.4 Å². The highest BCUT2D eigenvalue weighted by Gasteiger charge is 2.34. The van der Waals surface area contributed by atoms with Gasteiger partial charge in [-0.2, -0.15) is 0 Å². The third kappa shape index (κ3) is 4.24. The van der Waals surface area contributed by atoms with E-state index in [1.165, 1.54) is 5.56 Å². The molecule has 5 heteroatoms. The van der Waals surface area contributed by atoms with E-state index in [0.717, 1.165) is 28.5 Å². The standard InChI is InChI=1S/C24H23NO4/c26-23-14-19(24(27)28)15-25(23)16-21-20-9-5-4-8-18(20)10-11-22(21)29-13-12-17-6-2-1-3-7-17/h1-11,19H,12-16H2,(H,27,28). The molecule has 1 saturated heterocycles. The van der Waals surface area contributed by atoms with Gasteiger partial charge in [-0.25, -0.2) is 0 Å². The van der Waals surface area contributed by atoms with E-state index in [-0.39, 0.29) is 18.9 Å². The van der Waals surface area contributed by atoms with Crippen molar-refractivity contribution >= 4 is 22.6 Å². The highest BCUT2D eigenvalue weighted by atomic mass is 16.5. The molecule has 4 rings (SSSR count). The second-order valence-electron chi connectivity index (χ2n) is 7.36. The Balaban J connectivity index is 1.57. The van der Waals surface area contributed by atoms with Gasteiger partial charge in [0, 0.05) is 31.5 Å². The number of aliphatic carboxylic acids is 1. The van der Waals surface area contributed by atoms with Gasteiger partial charge < -0.3 is 14.7 Å². The summed E-state index contributed by atoms with van der Waals surface area (Å²) in [6.07, 6.45) is 0.848. The molecule has 0 aromatic heterocycles. The Bertz CT molecular complexity index is 1030. The zero-order chi connectivity index (χ0) is 20.2. The molecule has 1 fully saturated rings. The number of carbonyl (C=O) groups excluding carboxylic acids is 1. The number of ether oxygens (including phenoxy) is 1. The van der Waals surface area contributed by atoms with Gasteiger partial charge in [0.15, 0.2) is 0 Å². The molecule has 148 valence electrons. The van der Waals surface area contributed by atoms with Crippen LogP contribution in [0.3, 0.4) is 0 Å². The summed E-state index contributed by atoms with van der Waals surface area (Å²) in [4.78, 5) is 25.3. The largest absolute Gasteiger partial charge is 0.493 e. The fourth-order valence-corrected chi connectivity index (χ4v) is 3.82. The topological polar surface area (TPSA) is 66.8 Å². The molecule has 1 aliphatic heterocycles. The van der Waals surface area contributed by atoms with Crippen LogP contribution in [-0.4, -0.2) is 35.0 Å². The number of rotatable bonds is 7. The molecule has 1 atom stereocenters. The van der Waals surface area contributed by atoms with Crippen molar-refractivity contribution in [2.24, 2.45) is 5.92 Å². The first-order valence-corrected chi connectivity index (χ1v) is 9.80. The molecule has 1 amide bonds. The maximum atomic E-state index is 12.4. The molecule has 0 aliphatic carbocycles. The minimum Gasteiger partial charge on any atom is -0.493 e. The number of carboxylic acid groups (broad SMARTS) is 1. The van der Waals surface area contributed by atoms with Gasteiger partial charge in [-0.1, -0.05) is 60.7 Å². The monoisotopic (exact) mass is 389 g/mol. The van der Waals surface area contributed by atoms with Crippen LogP contribution in [0.25, 0.3) is 10.8 Å². The number of carbonyl (C=O) groups is 2. The number of carboxylic acids is 1. The Hall–Kier alpha value is -3.34. The second kappa shape index (κ2) is 8.35. The molecule has 3 aromatic carbocycles. The average molecular weight is 389 g/mol. The highest BCUT2D eigenvalue weighted by Crippen LogP contribution is 2.31. The maximum absolute atomic E-state index is 12.4. The number of benzene rings is 3. The third-order valence-corrected chi connectivity index (χ3v) is 5.40. The average Bonchev–Trinajstić information content (AvgIpc) is 3.11. The van der Waals surface area contributed by atoms with Gasteiger partial charge in [0.2, 0.25) is 5.91 Å². The van der Waals surface area contributed by atoms with Gasteiger partial charge in [-0.3, -0.25) is 9.59 Å². The molecule has 5 nitrogen and oxygen atoms in total. The minimum absolute atomic E-state index is 0.0598. The predicted octanol–water partition coefficient (Wildman–Crippen LogP) is 3.89. The number of hydrogen-bond acceptors (Lipinski definition) is 3. The lowest BCUT2D eigenvalue weighted by molar-refractivity contribution is -0.141. The van der Waals surface area contributed by atoms with Gasteiger partial charge in [0.1, 0.15) is 5.75 Å². The van der Waals surface area contributed by atoms with Gasteiger partial charge in [-0.15, -0.1) is 0 Å². The fourth-order valence-electron chi connectivity index (χ4n) is 3.82. The van der Waals surface area contributed by atoms with Crippen LogP contribution in [0.5, 0.6) is 5.75 Å². The van der Waals surface area contributed by atoms with Crippen molar-refractivity contribution in [3.8, 4) is 5.75 Å². The quantitative estimate of drug-likeness (QED) is 0.666. The number of amides is 1. The van der Waals surface area contributed by atoms with E-state index in [1.807, 2.05) is 54.6 Å².